The minimum absolute atomic E-state index is 0.241. The van der Waals surface area contributed by atoms with Crippen LogP contribution in [-0.2, 0) is 13.2 Å². The Kier molecular flexibility index (Phi) is 6.93. The van der Waals surface area contributed by atoms with E-state index in [1.54, 1.807) is 31.4 Å². The lowest BCUT2D eigenvalue weighted by atomic mass is 10.1. The molecular weight excluding hydrogens is 393 g/mol. The van der Waals surface area contributed by atoms with E-state index in [4.69, 9.17) is 44.3 Å². The molecule has 0 saturated heterocycles. The lowest BCUT2D eigenvalue weighted by Crippen LogP contribution is -2.25. The molecule has 0 radical (unpaired) electrons. The third-order valence-electron chi connectivity index (χ3n) is 4.70. The molecule has 6 heteroatoms. The van der Waals surface area contributed by atoms with Crippen LogP contribution in [0.4, 0.5) is 0 Å². The van der Waals surface area contributed by atoms with Crippen LogP contribution in [0.2, 0.25) is 15.1 Å². The van der Waals surface area contributed by atoms with Gasteiger partial charge in [-0.15, -0.1) is 0 Å². The van der Waals surface area contributed by atoms with E-state index in [9.17, 15) is 0 Å². The maximum atomic E-state index is 6.46. The summed E-state index contributed by atoms with van der Waals surface area (Å²) in [7, 11) is 1.62. The molecule has 140 valence electrons. The number of benzene rings is 2. The van der Waals surface area contributed by atoms with Gasteiger partial charge >= 0.3 is 0 Å². The molecule has 1 aliphatic rings. The fourth-order valence-electron chi connectivity index (χ4n) is 3.19. The Labute approximate surface area is 169 Å². The number of rotatable bonds is 7. The SMILES string of the molecule is COc1cc(CNC2CCCC2)c(Cl)cc1OCc1c(Cl)cccc1Cl. The van der Waals surface area contributed by atoms with Crippen molar-refractivity contribution in [3.8, 4) is 11.5 Å². The fourth-order valence-corrected chi connectivity index (χ4v) is 3.92. The molecule has 0 amide bonds. The molecule has 1 N–H and O–H groups in total. The molecule has 0 heterocycles. The van der Waals surface area contributed by atoms with E-state index < -0.39 is 0 Å². The van der Waals surface area contributed by atoms with Gasteiger partial charge in [0.15, 0.2) is 11.5 Å². The average Bonchev–Trinajstić information content (AvgIpc) is 3.14. The monoisotopic (exact) mass is 413 g/mol. The summed E-state index contributed by atoms with van der Waals surface area (Å²) in [6.07, 6.45) is 5.06. The lowest BCUT2D eigenvalue weighted by Gasteiger charge is -2.17. The van der Waals surface area contributed by atoms with Gasteiger partial charge in [0, 0.05) is 39.3 Å². The molecule has 3 nitrogen and oxygen atoms in total. The summed E-state index contributed by atoms with van der Waals surface area (Å²) in [5.41, 5.74) is 1.74. The maximum Gasteiger partial charge on any atom is 0.163 e. The second-order valence-corrected chi connectivity index (χ2v) is 7.67. The van der Waals surface area contributed by atoms with Gasteiger partial charge in [-0.1, -0.05) is 53.7 Å². The Hall–Kier alpha value is -1.13. The molecule has 26 heavy (non-hydrogen) atoms. The number of halogens is 3. The van der Waals surface area contributed by atoms with E-state index in [1.165, 1.54) is 25.7 Å². The average molecular weight is 415 g/mol. The Bertz CT molecular complexity index is 741. The molecule has 0 atom stereocenters. The van der Waals surface area contributed by atoms with E-state index in [0.29, 0.717) is 32.6 Å². The number of ether oxygens (including phenoxy) is 2. The zero-order chi connectivity index (χ0) is 18.5. The van der Waals surface area contributed by atoms with Gasteiger partial charge in [-0.25, -0.2) is 0 Å². The highest BCUT2D eigenvalue weighted by atomic mass is 35.5. The first kappa shape index (κ1) is 19.6. The second kappa shape index (κ2) is 9.18. The van der Waals surface area contributed by atoms with Crippen LogP contribution in [0, 0.1) is 0 Å². The Morgan fingerprint density at radius 2 is 1.69 bits per heavy atom. The minimum atomic E-state index is 0.241. The van der Waals surface area contributed by atoms with E-state index in [2.05, 4.69) is 5.32 Å². The van der Waals surface area contributed by atoms with Gasteiger partial charge in [0.25, 0.3) is 0 Å². The van der Waals surface area contributed by atoms with Crippen LogP contribution >= 0.6 is 34.8 Å². The quantitative estimate of drug-likeness (QED) is 0.579. The smallest absolute Gasteiger partial charge is 0.163 e. The molecule has 0 bridgehead atoms. The summed E-state index contributed by atoms with van der Waals surface area (Å²) in [6, 6.07) is 9.67. The summed E-state index contributed by atoms with van der Waals surface area (Å²) in [5, 5.41) is 5.35. The zero-order valence-electron chi connectivity index (χ0n) is 14.7. The van der Waals surface area contributed by atoms with Crippen molar-refractivity contribution in [3.05, 3.63) is 56.5 Å². The standard InChI is InChI=1S/C20H22Cl3NO2/c1-25-19-9-13(11-24-14-5-2-3-6-14)18(23)10-20(19)26-12-15-16(21)7-4-8-17(15)22/h4,7-10,14,24H,2-3,5-6,11-12H2,1H3. The summed E-state index contributed by atoms with van der Waals surface area (Å²) in [5.74, 6) is 1.21. The molecular formula is C20H22Cl3NO2. The molecule has 1 saturated carbocycles. The van der Waals surface area contributed by atoms with Crippen LogP contribution in [0.3, 0.4) is 0 Å². The van der Waals surface area contributed by atoms with Crippen LogP contribution in [0.1, 0.15) is 36.8 Å². The van der Waals surface area contributed by atoms with Crippen molar-refractivity contribution >= 4 is 34.8 Å². The lowest BCUT2D eigenvalue weighted by molar-refractivity contribution is 0.284. The number of methoxy groups -OCH3 is 1. The highest BCUT2D eigenvalue weighted by molar-refractivity contribution is 6.36. The van der Waals surface area contributed by atoms with Crippen molar-refractivity contribution in [2.75, 3.05) is 7.11 Å². The predicted molar refractivity (Wildman–Crippen MR) is 108 cm³/mol. The summed E-state index contributed by atoms with van der Waals surface area (Å²) < 4.78 is 11.4. The molecule has 0 unspecified atom stereocenters. The first-order valence-electron chi connectivity index (χ1n) is 8.74. The minimum Gasteiger partial charge on any atom is -0.493 e. The fraction of sp³-hybridized carbons (Fsp3) is 0.400. The second-order valence-electron chi connectivity index (χ2n) is 6.45. The van der Waals surface area contributed by atoms with Crippen molar-refractivity contribution in [1.29, 1.82) is 0 Å². The van der Waals surface area contributed by atoms with E-state index in [1.807, 2.05) is 6.07 Å². The number of hydrogen-bond donors (Lipinski definition) is 1. The van der Waals surface area contributed by atoms with Crippen molar-refractivity contribution in [2.45, 2.75) is 44.9 Å². The normalized spacial score (nSPS) is 14.6. The molecule has 0 aromatic heterocycles. The molecule has 2 aromatic rings. The van der Waals surface area contributed by atoms with Crippen LogP contribution in [0.15, 0.2) is 30.3 Å². The first-order valence-corrected chi connectivity index (χ1v) is 9.87. The largest absolute Gasteiger partial charge is 0.493 e. The van der Waals surface area contributed by atoms with Crippen molar-refractivity contribution in [2.24, 2.45) is 0 Å². The van der Waals surface area contributed by atoms with Gasteiger partial charge in [0.1, 0.15) is 6.61 Å². The van der Waals surface area contributed by atoms with Crippen molar-refractivity contribution in [1.82, 2.24) is 5.32 Å². The topological polar surface area (TPSA) is 30.5 Å². The summed E-state index contributed by atoms with van der Waals surface area (Å²) in [4.78, 5) is 0. The zero-order valence-corrected chi connectivity index (χ0v) is 16.9. The molecule has 0 aliphatic heterocycles. The van der Waals surface area contributed by atoms with Crippen LogP contribution < -0.4 is 14.8 Å². The Morgan fingerprint density at radius 1 is 1.00 bits per heavy atom. The highest BCUT2D eigenvalue weighted by Crippen LogP contribution is 2.35. The highest BCUT2D eigenvalue weighted by Gasteiger charge is 2.16. The maximum absolute atomic E-state index is 6.46. The Balaban J connectivity index is 1.71. The van der Waals surface area contributed by atoms with E-state index in [0.717, 1.165) is 17.7 Å². The third-order valence-corrected chi connectivity index (χ3v) is 5.76. The van der Waals surface area contributed by atoms with E-state index >= 15 is 0 Å². The summed E-state index contributed by atoms with van der Waals surface area (Å²) in [6.45, 7) is 0.960. The van der Waals surface area contributed by atoms with Crippen molar-refractivity contribution in [3.63, 3.8) is 0 Å². The molecule has 2 aromatic carbocycles. The van der Waals surface area contributed by atoms with Gasteiger partial charge in [0.05, 0.1) is 7.11 Å². The van der Waals surface area contributed by atoms with Crippen molar-refractivity contribution < 1.29 is 9.47 Å². The third kappa shape index (κ3) is 4.77. The van der Waals surface area contributed by atoms with Gasteiger partial charge in [-0.2, -0.15) is 0 Å². The molecule has 3 rings (SSSR count). The number of hydrogen-bond acceptors (Lipinski definition) is 3. The van der Waals surface area contributed by atoms with E-state index in [-0.39, 0.29) is 6.61 Å². The predicted octanol–water partition coefficient (Wildman–Crippen LogP) is 6.27. The van der Waals surface area contributed by atoms with Gasteiger partial charge < -0.3 is 14.8 Å². The van der Waals surface area contributed by atoms with Crippen LogP contribution in [0.25, 0.3) is 0 Å². The van der Waals surface area contributed by atoms with Gasteiger partial charge in [-0.05, 0) is 36.6 Å². The summed E-state index contributed by atoms with van der Waals surface area (Å²) >= 11 is 18.9. The molecule has 1 aliphatic carbocycles. The Morgan fingerprint density at radius 3 is 2.35 bits per heavy atom. The molecule has 0 spiro atoms. The van der Waals surface area contributed by atoms with Gasteiger partial charge in [-0.3, -0.25) is 0 Å². The van der Waals surface area contributed by atoms with Crippen LogP contribution in [-0.4, -0.2) is 13.2 Å². The van der Waals surface area contributed by atoms with Gasteiger partial charge in [0.2, 0.25) is 0 Å². The van der Waals surface area contributed by atoms with Crippen LogP contribution in [0.5, 0.6) is 11.5 Å². The first-order chi connectivity index (χ1) is 12.6. The number of nitrogens with one attached hydrogen (secondary N) is 1. The molecule has 1 fully saturated rings.